The van der Waals surface area contributed by atoms with Crippen LogP contribution in [0.2, 0.25) is 0 Å². The van der Waals surface area contributed by atoms with Gasteiger partial charge in [0.05, 0.1) is 6.04 Å². The maximum atomic E-state index is 6.06. The minimum Gasteiger partial charge on any atom is -0.459 e. The zero-order valence-corrected chi connectivity index (χ0v) is 13.3. The van der Waals surface area contributed by atoms with Crippen LogP contribution in [0.3, 0.4) is 0 Å². The average molecular weight is 286 g/mol. The number of hydrogen-bond donors (Lipinski definition) is 1. The van der Waals surface area contributed by atoms with Gasteiger partial charge >= 0.3 is 0 Å². The standard InChI is InChI=1S/C18H26N2O/c1-13(2)20(12-16-8-6-10-19-16)14(3)18-11-15-7-4-5-9-17(15)21-18/h4-5,7,9,11,13-14,16,19H,6,8,10,12H2,1-3H3. The second-order valence-electron chi connectivity index (χ2n) is 6.45. The summed E-state index contributed by atoms with van der Waals surface area (Å²) >= 11 is 0. The predicted octanol–water partition coefficient (Wildman–Crippen LogP) is 3.96. The van der Waals surface area contributed by atoms with Gasteiger partial charge in [0.2, 0.25) is 0 Å². The summed E-state index contributed by atoms with van der Waals surface area (Å²) in [6.07, 6.45) is 2.59. The number of nitrogens with one attached hydrogen (secondary N) is 1. The van der Waals surface area contributed by atoms with Crippen molar-refractivity contribution in [3.8, 4) is 0 Å². The molecule has 3 rings (SSSR count). The third kappa shape index (κ3) is 3.14. The smallest absolute Gasteiger partial charge is 0.134 e. The first-order valence-electron chi connectivity index (χ1n) is 8.13. The van der Waals surface area contributed by atoms with E-state index in [-0.39, 0.29) is 0 Å². The van der Waals surface area contributed by atoms with Gasteiger partial charge in [-0.15, -0.1) is 0 Å². The Kier molecular flexibility index (Phi) is 4.32. The lowest BCUT2D eigenvalue weighted by Crippen LogP contribution is -2.42. The second-order valence-corrected chi connectivity index (χ2v) is 6.45. The van der Waals surface area contributed by atoms with Crippen LogP contribution in [0.15, 0.2) is 34.7 Å². The number of hydrogen-bond acceptors (Lipinski definition) is 3. The molecule has 0 saturated carbocycles. The summed E-state index contributed by atoms with van der Waals surface area (Å²) in [5.41, 5.74) is 0.988. The summed E-state index contributed by atoms with van der Waals surface area (Å²) in [7, 11) is 0. The van der Waals surface area contributed by atoms with Crippen molar-refractivity contribution in [1.29, 1.82) is 0 Å². The molecular formula is C18H26N2O. The van der Waals surface area contributed by atoms with E-state index in [1.807, 2.05) is 12.1 Å². The van der Waals surface area contributed by atoms with Crippen molar-refractivity contribution < 1.29 is 4.42 Å². The van der Waals surface area contributed by atoms with Crippen LogP contribution in [-0.2, 0) is 0 Å². The third-order valence-electron chi connectivity index (χ3n) is 4.61. The average Bonchev–Trinajstić information content (AvgIpc) is 3.12. The number of nitrogens with zero attached hydrogens (tertiary/aromatic N) is 1. The molecule has 1 saturated heterocycles. The number of fused-ring (bicyclic) bond motifs is 1. The Morgan fingerprint density at radius 3 is 2.76 bits per heavy atom. The maximum Gasteiger partial charge on any atom is 0.134 e. The van der Waals surface area contributed by atoms with Gasteiger partial charge in [-0.2, -0.15) is 0 Å². The summed E-state index contributed by atoms with van der Waals surface area (Å²) in [6.45, 7) is 9.06. The molecule has 0 amide bonds. The highest BCUT2D eigenvalue weighted by Crippen LogP contribution is 2.29. The topological polar surface area (TPSA) is 28.4 Å². The van der Waals surface area contributed by atoms with Crippen LogP contribution in [0.25, 0.3) is 11.0 Å². The van der Waals surface area contributed by atoms with Gasteiger partial charge in [0.15, 0.2) is 0 Å². The Labute approximate surface area is 127 Å². The summed E-state index contributed by atoms with van der Waals surface area (Å²) in [5.74, 6) is 1.07. The molecule has 0 bridgehead atoms. The van der Waals surface area contributed by atoms with E-state index < -0.39 is 0 Å². The van der Waals surface area contributed by atoms with Gasteiger partial charge in [0, 0.05) is 24.0 Å². The van der Waals surface area contributed by atoms with Gasteiger partial charge in [-0.25, -0.2) is 0 Å². The van der Waals surface area contributed by atoms with Crippen LogP contribution in [0.4, 0.5) is 0 Å². The molecule has 0 spiro atoms. The second kappa shape index (κ2) is 6.20. The van der Waals surface area contributed by atoms with E-state index >= 15 is 0 Å². The number of rotatable bonds is 5. The van der Waals surface area contributed by atoms with Crippen LogP contribution < -0.4 is 5.32 Å². The van der Waals surface area contributed by atoms with Crippen LogP contribution in [0.5, 0.6) is 0 Å². The third-order valence-corrected chi connectivity index (χ3v) is 4.61. The molecule has 3 heteroatoms. The zero-order chi connectivity index (χ0) is 14.8. The highest BCUT2D eigenvalue weighted by molar-refractivity contribution is 5.77. The fourth-order valence-electron chi connectivity index (χ4n) is 3.35. The molecule has 21 heavy (non-hydrogen) atoms. The van der Waals surface area contributed by atoms with Gasteiger partial charge in [0.1, 0.15) is 11.3 Å². The zero-order valence-electron chi connectivity index (χ0n) is 13.3. The first-order chi connectivity index (χ1) is 10.1. The number of furan rings is 1. The largest absolute Gasteiger partial charge is 0.459 e. The Bertz CT molecular complexity index is 551. The van der Waals surface area contributed by atoms with Gasteiger partial charge in [-0.3, -0.25) is 4.90 Å². The Balaban J connectivity index is 1.80. The Morgan fingerprint density at radius 2 is 2.10 bits per heavy atom. The van der Waals surface area contributed by atoms with Crippen molar-refractivity contribution in [2.24, 2.45) is 0 Å². The molecule has 1 aliphatic heterocycles. The molecule has 1 fully saturated rings. The van der Waals surface area contributed by atoms with Gasteiger partial charge < -0.3 is 9.73 Å². The summed E-state index contributed by atoms with van der Waals surface area (Å²) in [6, 6.07) is 11.9. The van der Waals surface area contributed by atoms with Gasteiger partial charge in [-0.05, 0) is 52.3 Å². The molecule has 0 radical (unpaired) electrons. The lowest BCUT2D eigenvalue weighted by atomic mass is 10.1. The van der Waals surface area contributed by atoms with Crippen LogP contribution in [-0.4, -0.2) is 30.1 Å². The SMILES string of the molecule is CC(C)N(CC1CCCN1)C(C)c1cc2ccccc2o1. The van der Waals surface area contributed by atoms with E-state index in [0.29, 0.717) is 18.1 Å². The monoisotopic (exact) mass is 286 g/mol. The first-order valence-corrected chi connectivity index (χ1v) is 8.13. The molecule has 1 aromatic carbocycles. The molecule has 2 heterocycles. The molecule has 1 aliphatic rings. The van der Waals surface area contributed by atoms with Crippen molar-refractivity contribution in [2.45, 2.75) is 51.7 Å². The van der Waals surface area contributed by atoms with Crippen LogP contribution in [0, 0.1) is 0 Å². The van der Waals surface area contributed by atoms with E-state index in [4.69, 9.17) is 4.42 Å². The molecule has 3 nitrogen and oxygen atoms in total. The van der Waals surface area contributed by atoms with Crippen molar-refractivity contribution in [2.75, 3.05) is 13.1 Å². The number of benzene rings is 1. The fourth-order valence-corrected chi connectivity index (χ4v) is 3.35. The normalized spacial score (nSPS) is 20.7. The van der Waals surface area contributed by atoms with Crippen LogP contribution >= 0.6 is 0 Å². The number of para-hydroxylation sites is 1. The van der Waals surface area contributed by atoms with Crippen molar-refractivity contribution in [1.82, 2.24) is 10.2 Å². The van der Waals surface area contributed by atoms with E-state index in [1.54, 1.807) is 0 Å². The molecule has 1 N–H and O–H groups in total. The maximum absolute atomic E-state index is 6.06. The molecule has 1 aromatic heterocycles. The van der Waals surface area contributed by atoms with Gasteiger partial charge in [0.25, 0.3) is 0 Å². The lowest BCUT2D eigenvalue weighted by Gasteiger charge is -2.33. The first kappa shape index (κ1) is 14.6. The fraction of sp³-hybridized carbons (Fsp3) is 0.556. The predicted molar refractivity (Wildman–Crippen MR) is 87.5 cm³/mol. The van der Waals surface area contributed by atoms with Crippen molar-refractivity contribution in [3.05, 3.63) is 36.1 Å². The molecule has 2 aromatic rings. The van der Waals surface area contributed by atoms with Crippen LogP contribution in [0.1, 0.15) is 45.4 Å². The highest BCUT2D eigenvalue weighted by atomic mass is 16.3. The Morgan fingerprint density at radius 1 is 1.29 bits per heavy atom. The highest BCUT2D eigenvalue weighted by Gasteiger charge is 2.26. The lowest BCUT2D eigenvalue weighted by molar-refractivity contribution is 0.135. The van der Waals surface area contributed by atoms with E-state index in [2.05, 4.69) is 49.2 Å². The van der Waals surface area contributed by atoms with Crippen molar-refractivity contribution in [3.63, 3.8) is 0 Å². The van der Waals surface area contributed by atoms with E-state index in [0.717, 1.165) is 24.4 Å². The van der Waals surface area contributed by atoms with E-state index in [9.17, 15) is 0 Å². The summed E-state index contributed by atoms with van der Waals surface area (Å²) in [5, 5.41) is 4.80. The minimum atomic E-state index is 0.305. The van der Waals surface area contributed by atoms with E-state index in [1.165, 1.54) is 18.2 Å². The molecule has 114 valence electrons. The molecule has 0 aliphatic carbocycles. The molecule has 2 unspecified atom stereocenters. The quantitative estimate of drug-likeness (QED) is 0.902. The Hall–Kier alpha value is -1.32. The molecule has 2 atom stereocenters. The summed E-state index contributed by atoms with van der Waals surface area (Å²) < 4.78 is 6.06. The molecular weight excluding hydrogens is 260 g/mol. The summed E-state index contributed by atoms with van der Waals surface area (Å²) in [4.78, 5) is 2.54. The van der Waals surface area contributed by atoms with Gasteiger partial charge in [-0.1, -0.05) is 18.2 Å². The minimum absolute atomic E-state index is 0.305. The van der Waals surface area contributed by atoms with Crippen molar-refractivity contribution >= 4 is 11.0 Å².